The van der Waals surface area contributed by atoms with Gasteiger partial charge in [0, 0.05) is 25.0 Å². The minimum Gasteiger partial charge on any atom is -0.388 e. The van der Waals surface area contributed by atoms with Crippen LogP contribution in [-0.2, 0) is 0 Å². The van der Waals surface area contributed by atoms with E-state index in [9.17, 15) is 9.90 Å². The van der Waals surface area contributed by atoms with Crippen LogP contribution in [0.4, 0.5) is 5.82 Å². The topological polar surface area (TPSA) is 67.2 Å². The van der Waals surface area contributed by atoms with Gasteiger partial charge in [0.25, 0.3) is 5.56 Å². The Kier molecular flexibility index (Phi) is 4.02. The van der Waals surface area contributed by atoms with Crippen molar-refractivity contribution in [3.05, 3.63) is 22.7 Å². The van der Waals surface area contributed by atoms with Crippen LogP contribution in [0.15, 0.2) is 17.2 Å². The molecule has 0 spiro atoms. The molecule has 0 aliphatic heterocycles. The summed E-state index contributed by atoms with van der Waals surface area (Å²) in [6, 6.07) is 0.351. The number of nitrogens with one attached hydrogen (secondary N) is 1. The van der Waals surface area contributed by atoms with E-state index in [0.29, 0.717) is 18.4 Å². The first-order valence-electron chi connectivity index (χ1n) is 8.15. The van der Waals surface area contributed by atoms with Crippen molar-refractivity contribution in [1.82, 2.24) is 9.55 Å². The first kappa shape index (κ1) is 14.6. The van der Waals surface area contributed by atoms with Gasteiger partial charge in [0.1, 0.15) is 0 Å². The van der Waals surface area contributed by atoms with Crippen LogP contribution in [0.1, 0.15) is 57.9 Å². The molecular formula is C16H25N3O2. The molecule has 5 heteroatoms. The fourth-order valence-electron chi connectivity index (χ4n) is 3.23. The molecule has 0 radical (unpaired) electrons. The van der Waals surface area contributed by atoms with Crippen LogP contribution in [0, 0.1) is 5.92 Å². The third-order valence-electron chi connectivity index (χ3n) is 5.01. The molecule has 0 bridgehead atoms. The average Bonchev–Trinajstić information content (AvgIpc) is 3.32. The van der Waals surface area contributed by atoms with Crippen molar-refractivity contribution < 1.29 is 5.11 Å². The maximum absolute atomic E-state index is 12.3. The van der Waals surface area contributed by atoms with E-state index in [1.165, 1.54) is 6.42 Å². The van der Waals surface area contributed by atoms with Crippen molar-refractivity contribution in [2.24, 2.45) is 5.92 Å². The molecule has 0 atom stereocenters. The summed E-state index contributed by atoms with van der Waals surface area (Å²) in [5.41, 5.74) is -0.758. The zero-order chi connectivity index (χ0) is 14.9. The molecule has 1 heterocycles. The van der Waals surface area contributed by atoms with Crippen molar-refractivity contribution in [3.8, 4) is 0 Å². The van der Waals surface area contributed by atoms with Gasteiger partial charge in [-0.1, -0.05) is 13.3 Å². The number of hydrogen-bond donors (Lipinski definition) is 2. The summed E-state index contributed by atoms with van der Waals surface area (Å²) in [4.78, 5) is 16.4. The number of aromatic nitrogens is 2. The van der Waals surface area contributed by atoms with Crippen molar-refractivity contribution in [2.75, 3.05) is 11.9 Å². The Balaban J connectivity index is 1.62. The molecule has 0 unspecified atom stereocenters. The standard InChI is InChI=1S/C16H25N3O2/c1-2-12-5-7-16(21,8-6-12)11-18-14-15(20)19(10-9-17-14)13-3-4-13/h9-10,12-13,21H,2-8,11H2,1H3,(H,17,18). The second-order valence-corrected chi connectivity index (χ2v) is 6.65. The van der Waals surface area contributed by atoms with E-state index < -0.39 is 5.60 Å². The largest absolute Gasteiger partial charge is 0.388 e. The summed E-state index contributed by atoms with van der Waals surface area (Å²) in [7, 11) is 0. The molecule has 1 aromatic heterocycles. The monoisotopic (exact) mass is 291 g/mol. The van der Waals surface area contributed by atoms with Crippen molar-refractivity contribution in [1.29, 1.82) is 0 Å². The Morgan fingerprint density at radius 3 is 2.71 bits per heavy atom. The first-order chi connectivity index (χ1) is 10.1. The summed E-state index contributed by atoms with van der Waals surface area (Å²) in [6.45, 7) is 2.63. The van der Waals surface area contributed by atoms with Crippen LogP contribution < -0.4 is 10.9 Å². The summed E-state index contributed by atoms with van der Waals surface area (Å²) >= 11 is 0. The van der Waals surface area contributed by atoms with Gasteiger partial charge in [0.2, 0.25) is 0 Å². The van der Waals surface area contributed by atoms with Crippen molar-refractivity contribution >= 4 is 5.82 Å². The zero-order valence-electron chi connectivity index (χ0n) is 12.7. The third kappa shape index (κ3) is 3.28. The van der Waals surface area contributed by atoms with E-state index in [1.54, 1.807) is 17.0 Å². The van der Waals surface area contributed by atoms with Crippen LogP contribution in [-0.4, -0.2) is 26.8 Å². The molecule has 2 N–H and O–H groups in total. The van der Waals surface area contributed by atoms with Gasteiger partial charge >= 0.3 is 0 Å². The molecule has 0 aromatic carbocycles. The van der Waals surface area contributed by atoms with Crippen molar-refractivity contribution in [2.45, 2.75) is 63.5 Å². The molecular weight excluding hydrogens is 266 g/mol. The highest BCUT2D eigenvalue weighted by atomic mass is 16.3. The molecule has 2 fully saturated rings. The van der Waals surface area contributed by atoms with E-state index in [4.69, 9.17) is 0 Å². The van der Waals surface area contributed by atoms with E-state index in [0.717, 1.165) is 44.4 Å². The van der Waals surface area contributed by atoms with E-state index in [1.807, 2.05) is 0 Å². The fourth-order valence-corrected chi connectivity index (χ4v) is 3.23. The number of rotatable bonds is 5. The molecule has 21 heavy (non-hydrogen) atoms. The van der Waals surface area contributed by atoms with E-state index in [2.05, 4.69) is 17.2 Å². The maximum atomic E-state index is 12.3. The molecule has 3 rings (SSSR count). The minimum atomic E-state index is -0.694. The highest BCUT2D eigenvalue weighted by Crippen LogP contribution is 2.34. The molecule has 116 valence electrons. The lowest BCUT2D eigenvalue weighted by atomic mass is 9.78. The Labute approximate surface area is 125 Å². The lowest BCUT2D eigenvalue weighted by Gasteiger charge is -2.35. The van der Waals surface area contributed by atoms with Crippen LogP contribution in [0.5, 0.6) is 0 Å². The second kappa shape index (κ2) is 5.79. The van der Waals surface area contributed by atoms with E-state index >= 15 is 0 Å². The van der Waals surface area contributed by atoms with Gasteiger partial charge in [-0.15, -0.1) is 0 Å². The molecule has 2 saturated carbocycles. The lowest BCUT2D eigenvalue weighted by Crippen LogP contribution is -2.41. The normalized spacial score (nSPS) is 29.3. The second-order valence-electron chi connectivity index (χ2n) is 6.65. The first-order valence-corrected chi connectivity index (χ1v) is 8.15. The van der Waals surface area contributed by atoms with Gasteiger partial charge in [0.05, 0.1) is 5.60 Å². The summed E-state index contributed by atoms with van der Waals surface area (Å²) < 4.78 is 1.76. The quantitative estimate of drug-likeness (QED) is 0.873. The fraction of sp³-hybridized carbons (Fsp3) is 0.750. The molecule has 0 saturated heterocycles. The van der Waals surface area contributed by atoms with Gasteiger partial charge in [0.15, 0.2) is 5.82 Å². The number of nitrogens with zero attached hydrogens (tertiary/aromatic N) is 2. The van der Waals surface area contributed by atoms with Gasteiger partial charge < -0.3 is 15.0 Å². The molecule has 1 aromatic rings. The minimum absolute atomic E-state index is 0.0640. The van der Waals surface area contributed by atoms with Crippen molar-refractivity contribution in [3.63, 3.8) is 0 Å². The van der Waals surface area contributed by atoms with Crippen LogP contribution in [0.25, 0.3) is 0 Å². The molecule has 2 aliphatic rings. The van der Waals surface area contributed by atoms with Gasteiger partial charge in [-0.25, -0.2) is 4.98 Å². The predicted molar refractivity (Wildman–Crippen MR) is 82.5 cm³/mol. The average molecular weight is 291 g/mol. The van der Waals surface area contributed by atoms with Gasteiger partial charge in [-0.05, 0) is 44.4 Å². The summed E-state index contributed by atoms with van der Waals surface area (Å²) in [6.07, 6.45) is 10.5. The Hall–Kier alpha value is -1.36. The SMILES string of the molecule is CCC1CCC(O)(CNc2nccn(C3CC3)c2=O)CC1. The maximum Gasteiger partial charge on any atom is 0.293 e. The van der Waals surface area contributed by atoms with Crippen LogP contribution in [0.2, 0.25) is 0 Å². The van der Waals surface area contributed by atoms with Gasteiger partial charge in [-0.2, -0.15) is 0 Å². The summed E-state index contributed by atoms with van der Waals surface area (Å²) in [5.74, 6) is 1.11. The summed E-state index contributed by atoms with van der Waals surface area (Å²) in [5, 5.41) is 13.7. The highest BCUT2D eigenvalue weighted by Gasteiger charge is 2.33. The number of hydrogen-bond acceptors (Lipinski definition) is 4. The number of anilines is 1. The Morgan fingerprint density at radius 1 is 1.38 bits per heavy atom. The smallest absolute Gasteiger partial charge is 0.293 e. The number of aliphatic hydroxyl groups is 1. The molecule has 2 aliphatic carbocycles. The third-order valence-corrected chi connectivity index (χ3v) is 5.01. The Bertz CT molecular complexity index is 543. The predicted octanol–water partition coefficient (Wildman–Crippen LogP) is 2.32. The highest BCUT2D eigenvalue weighted by molar-refractivity contribution is 5.32. The van der Waals surface area contributed by atoms with E-state index in [-0.39, 0.29) is 5.56 Å². The van der Waals surface area contributed by atoms with Gasteiger partial charge in [-0.3, -0.25) is 4.79 Å². The van der Waals surface area contributed by atoms with Crippen LogP contribution in [0.3, 0.4) is 0 Å². The lowest BCUT2D eigenvalue weighted by molar-refractivity contribution is 0.00220. The molecule has 0 amide bonds. The molecule has 5 nitrogen and oxygen atoms in total. The zero-order valence-corrected chi connectivity index (χ0v) is 12.7. The van der Waals surface area contributed by atoms with Crippen LogP contribution >= 0.6 is 0 Å². The Morgan fingerprint density at radius 2 is 2.10 bits per heavy atom.